The molecule has 1 aromatic rings. The van der Waals surface area contributed by atoms with Gasteiger partial charge in [-0.15, -0.1) is 0 Å². The SMILES string of the molecule is COc1cc2c(cc1OC)CN(S(=O)(=O)CCC(=O)O)CC2. The molecule has 0 spiro atoms. The third kappa shape index (κ3) is 3.50. The Balaban J connectivity index is 2.22. The van der Waals surface area contributed by atoms with Gasteiger partial charge in [0.15, 0.2) is 11.5 Å². The van der Waals surface area contributed by atoms with Crippen LogP contribution in [0.5, 0.6) is 11.5 Å². The summed E-state index contributed by atoms with van der Waals surface area (Å²) >= 11 is 0. The number of nitrogens with zero attached hydrogens (tertiary/aromatic N) is 1. The maximum atomic E-state index is 12.2. The molecular weight excluding hydrogens is 310 g/mol. The second-order valence-electron chi connectivity index (χ2n) is 5.02. The van der Waals surface area contributed by atoms with Crippen molar-refractivity contribution < 1.29 is 27.8 Å². The Kier molecular flexibility index (Phi) is 4.92. The topological polar surface area (TPSA) is 93.1 Å². The molecule has 0 fully saturated rings. The molecule has 7 nitrogen and oxygen atoms in total. The van der Waals surface area contributed by atoms with Crippen molar-refractivity contribution in [3.8, 4) is 11.5 Å². The number of hydrogen-bond acceptors (Lipinski definition) is 5. The fourth-order valence-corrected chi connectivity index (χ4v) is 3.84. The monoisotopic (exact) mass is 329 g/mol. The zero-order chi connectivity index (χ0) is 16.3. The second kappa shape index (κ2) is 6.53. The van der Waals surface area contributed by atoms with Crippen LogP contribution in [0.1, 0.15) is 17.5 Å². The zero-order valence-corrected chi connectivity index (χ0v) is 13.4. The fraction of sp³-hybridized carbons (Fsp3) is 0.500. The van der Waals surface area contributed by atoms with Crippen molar-refractivity contribution in [2.45, 2.75) is 19.4 Å². The van der Waals surface area contributed by atoms with Gasteiger partial charge in [0.2, 0.25) is 10.0 Å². The molecule has 122 valence electrons. The van der Waals surface area contributed by atoms with Crippen molar-refractivity contribution in [3.63, 3.8) is 0 Å². The predicted octanol–water partition coefficient (Wildman–Crippen LogP) is 0.866. The molecule has 1 heterocycles. The average Bonchev–Trinajstić information content (AvgIpc) is 2.51. The summed E-state index contributed by atoms with van der Waals surface area (Å²) in [6.07, 6.45) is 0.166. The van der Waals surface area contributed by atoms with E-state index in [-0.39, 0.29) is 12.3 Å². The first kappa shape index (κ1) is 16.6. The van der Waals surface area contributed by atoms with E-state index >= 15 is 0 Å². The van der Waals surface area contributed by atoms with Crippen molar-refractivity contribution in [1.29, 1.82) is 0 Å². The van der Waals surface area contributed by atoms with Crippen LogP contribution in [0.4, 0.5) is 0 Å². The molecule has 0 atom stereocenters. The number of carboxylic acid groups (broad SMARTS) is 1. The number of carboxylic acids is 1. The molecule has 1 N–H and O–H groups in total. The van der Waals surface area contributed by atoms with Crippen molar-refractivity contribution >= 4 is 16.0 Å². The quantitative estimate of drug-likeness (QED) is 0.832. The molecule has 1 aliphatic rings. The summed E-state index contributed by atoms with van der Waals surface area (Å²) in [6.45, 7) is 0.558. The Morgan fingerprint density at radius 1 is 1.23 bits per heavy atom. The van der Waals surface area contributed by atoms with Crippen LogP contribution in [0.15, 0.2) is 12.1 Å². The average molecular weight is 329 g/mol. The summed E-state index contributed by atoms with van der Waals surface area (Å²) in [5.74, 6) is -0.341. The highest BCUT2D eigenvalue weighted by atomic mass is 32.2. The molecule has 22 heavy (non-hydrogen) atoms. The number of hydrogen-bond donors (Lipinski definition) is 1. The summed E-state index contributed by atoms with van der Waals surface area (Å²) in [4.78, 5) is 10.6. The first-order valence-corrected chi connectivity index (χ1v) is 8.41. The first-order chi connectivity index (χ1) is 10.4. The molecule has 0 bridgehead atoms. The third-order valence-electron chi connectivity index (χ3n) is 3.65. The molecule has 0 amide bonds. The highest BCUT2D eigenvalue weighted by Gasteiger charge is 2.28. The van der Waals surface area contributed by atoms with E-state index in [9.17, 15) is 13.2 Å². The third-order valence-corrected chi connectivity index (χ3v) is 5.47. The lowest BCUT2D eigenvalue weighted by molar-refractivity contribution is -0.136. The summed E-state index contributed by atoms with van der Waals surface area (Å²) in [7, 11) is -0.502. The number of rotatable bonds is 6. The highest BCUT2D eigenvalue weighted by Crippen LogP contribution is 2.33. The number of methoxy groups -OCH3 is 2. The van der Waals surface area contributed by atoms with E-state index in [4.69, 9.17) is 14.6 Å². The maximum absolute atomic E-state index is 12.2. The van der Waals surface area contributed by atoms with E-state index < -0.39 is 22.4 Å². The molecule has 0 unspecified atom stereocenters. The number of sulfonamides is 1. The Hall–Kier alpha value is -1.80. The minimum Gasteiger partial charge on any atom is -0.493 e. The first-order valence-electron chi connectivity index (χ1n) is 6.80. The van der Waals surface area contributed by atoms with Crippen LogP contribution in [-0.2, 0) is 27.8 Å². The number of fused-ring (bicyclic) bond motifs is 1. The highest BCUT2D eigenvalue weighted by molar-refractivity contribution is 7.89. The van der Waals surface area contributed by atoms with Crippen LogP contribution in [0, 0.1) is 0 Å². The van der Waals surface area contributed by atoms with Crippen LogP contribution in [0.3, 0.4) is 0 Å². The van der Waals surface area contributed by atoms with Crippen molar-refractivity contribution in [3.05, 3.63) is 23.3 Å². The smallest absolute Gasteiger partial charge is 0.304 e. The molecule has 0 saturated carbocycles. The van der Waals surface area contributed by atoms with Gasteiger partial charge in [0.1, 0.15) is 0 Å². The minimum atomic E-state index is -3.58. The molecule has 2 rings (SSSR count). The van der Waals surface area contributed by atoms with E-state index in [1.807, 2.05) is 6.07 Å². The van der Waals surface area contributed by atoms with Crippen molar-refractivity contribution in [2.75, 3.05) is 26.5 Å². The van der Waals surface area contributed by atoms with E-state index in [0.29, 0.717) is 24.5 Å². The van der Waals surface area contributed by atoms with Gasteiger partial charge in [0.25, 0.3) is 0 Å². The zero-order valence-electron chi connectivity index (χ0n) is 12.5. The van der Waals surface area contributed by atoms with E-state index in [1.165, 1.54) is 11.4 Å². The van der Waals surface area contributed by atoms with Gasteiger partial charge in [-0.1, -0.05) is 0 Å². The second-order valence-corrected chi connectivity index (χ2v) is 7.11. The summed E-state index contributed by atoms with van der Waals surface area (Å²) in [5, 5.41) is 8.65. The van der Waals surface area contributed by atoms with E-state index in [1.54, 1.807) is 13.2 Å². The van der Waals surface area contributed by atoms with Crippen molar-refractivity contribution in [1.82, 2.24) is 4.31 Å². The molecule has 1 aromatic carbocycles. The van der Waals surface area contributed by atoms with Gasteiger partial charge in [-0.25, -0.2) is 8.42 Å². The predicted molar refractivity (Wildman–Crippen MR) is 79.7 cm³/mol. The number of carbonyl (C=O) groups is 1. The Labute approximate surface area is 129 Å². The molecule has 0 saturated heterocycles. The van der Waals surface area contributed by atoms with Gasteiger partial charge < -0.3 is 14.6 Å². The largest absolute Gasteiger partial charge is 0.493 e. The van der Waals surface area contributed by atoms with Gasteiger partial charge >= 0.3 is 5.97 Å². The van der Waals surface area contributed by atoms with Gasteiger partial charge in [0.05, 0.1) is 26.4 Å². The summed E-state index contributed by atoms with van der Waals surface area (Å²) in [5.41, 5.74) is 1.87. The maximum Gasteiger partial charge on any atom is 0.304 e. The van der Waals surface area contributed by atoms with Gasteiger partial charge in [-0.3, -0.25) is 4.79 Å². The minimum absolute atomic E-state index is 0.220. The number of aliphatic carboxylic acids is 1. The lowest BCUT2D eigenvalue weighted by Gasteiger charge is -2.28. The van der Waals surface area contributed by atoms with Crippen LogP contribution in [0.25, 0.3) is 0 Å². The van der Waals surface area contributed by atoms with Crippen LogP contribution in [-0.4, -0.2) is 50.3 Å². The molecular formula is C14H19NO6S. The molecule has 1 aliphatic heterocycles. The number of ether oxygens (including phenoxy) is 2. The number of benzene rings is 1. The van der Waals surface area contributed by atoms with Crippen LogP contribution < -0.4 is 9.47 Å². The van der Waals surface area contributed by atoms with E-state index in [0.717, 1.165) is 11.1 Å². The van der Waals surface area contributed by atoms with Crippen molar-refractivity contribution in [2.24, 2.45) is 0 Å². The van der Waals surface area contributed by atoms with Crippen LogP contribution in [0.2, 0.25) is 0 Å². The standard InChI is InChI=1S/C14H19NO6S/c1-20-12-7-10-3-5-15(9-11(10)8-13(12)21-2)22(18,19)6-4-14(16)17/h7-8H,3-6,9H2,1-2H3,(H,16,17). The molecule has 0 aromatic heterocycles. The normalized spacial score (nSPS) is 15.2. The lowest BCUT2D eigenvalue weighted by atomic mass is 10.0. The molecule has 8 heteroatoms. The molecule has 0 radical (unpaired) electrons. The summed E-state index contributed by atoms with van der Waals surface area (Å²) in [6, 6.07) is 3.63. The fourth-order valence-electron chi connectivity index (χ4n) is 2.44. The Bertz CT molecular complexity index is 670. The Morgan fingerprint density at radius 3 is 2.36 bits per heavy atom. The van der Waals surface area contributed by atoms with Crippen LogP contribution >= 0.6 is 0 Å². The van der Waals surface area contributed by atoms with E-state index in [2.05, 4.69) is 0 Å². The molecule has 0 aliphatic carbocycles. The Morgan fingerprint density at radius 2 is 1.82 bits per heavy atom. The summed E-state index contributed by atoms with van der Waals surface area (Å²) < 4.78 is 36.2. The van der Waals surface area contributed by atoms with Gasteiger partial charge in [-0.2, -0.15) is 4.31 Å². The lowest BCUT2D eigenvalue weighted by Crippen LogP contribution is -2.37. The van der Waals surface area contributed by atoms with Gasteiger partial charge in [-0.05, 0) is 29.7 Å². The van der Waals surface area contributed by atoms with Gasteiger partial charge in [0, 0.05) is 13.1 Å².